The zero-order valence-corrected chi connectivity index (χ0v) is 20.1. The smallest absolute Gasteiger partial charge is 0.319 e. The van der Waals surface area contributed by atoms with Crippen molar-refractivity contribution in [2.75, 3.05) is 40.3 Å². The number of likely N-dealkylation sites (N-methyl/N-ethyl adjacent to an activating group) is 1. The third-order valence-corrected chi connectivity index (χ3v) is 7.35. The summed E-state index contributed by atoms with van der Waals surface area (Å²) in [6, 6.07) is 14.2. The summed E-state index contributed by atoms with van der Waals surface area (Å²) in [6.45, 7) is 1.05. The zero-order valence-electron chi connectivity index (χ0n) is 18.5. The molecular weight excluding hydrogens is 462 g/mol. The molecule has 0 amide bonds. The lowest BCUT2D eigenvalue weighted by Gasteiger charge is -2.24. The van der Waals surface area contributed by atoms with Crippen LogP contribution < -0.4 is 0 Å². The summed E-state index contributed by atoms with van der Waals surface area (Å²) in [5.41, 5.74) is 0.975. The van der Waals surface area contributed by atoms with Gasteiger partial charge in [0.2, 0.25) is 10.0 Å². The lowest BCUT2D eigenvalue weighted by Crippen LogP contribution is -2.39. The molecule has 7 nitrogen and oxygen atoms in total. The number of aromatic nitrogens is 1. The molecule has 0 unspecified atom stereocenters. The number of hydrogen-bond acceptors (Lipinski definition) is 6. The molecule has 0 aliphatic heterocycles. The average molecular weight is 488 g/mol. The molecular formula is C24H26ClN3O4S. The summed E-state index contributed by atoms with van der Waals surface area (Å²) < 4.78 is 32.6. The van der Waals surface area contributed by atoms with Gasteiger partial charge in [-0.25, -0.2) is 8.42 Å². The van der Waals surface area contributed by atoms with Crippen molar-refractivity contribution in [1.29, 1.82) is 0 Å². The van der Waals surface area contributed by atoms with Gasteiger partial charge in [-0.05, 0) is 29.8 Å². The molecule has 1 heterocycles. The molecule has 0 N–H and O–H groups in total. The molecule has 0 saturated carbocycles. The molecule has 0 radical (unpaired) electrons. The maximum Gasteiger partial charge on any atom is 0.319 e. The molecule has 0 aliphatic rings. The number of esters is 1. The number of ether oxygens (including phenoxy) is 1. The van der Waals surface area contributed by atoms with E-state index in [0.717, 1.165) is 10.9 Å². The Labute approximate surface area is 199 Å². The van der Waals surface area contributed by atoms with Gasteiger partial charge in [-0.3, -0.25) is 14.7 Å². The second-order valence-electron chi connectivity index (χ2n) is 7.44. The van der Waals surface area contributed by atoms with Crippen LogP contribution in [0.25, 0.3) is 16.8 Å². The van der Waals surface area contributed by atoms with Crippen LogP contribution in [0.1, 0.15) is 5.56 Å². The third-order valence-electron chi connectivity index (χ3n) is 5.18. The number of pyridine rings is 1. The van der Waals surface area contributed by atoms with E-state index < -0.39 is 10.0 Å². The SMILES string of the molecule is COC(=O)CN(CC=Cc1ccc(Cl)cc1)CCN(C)S(=O)(=O)c1cccc2cnccc12. The highest BCUT2D eigenvalue weighted by atomic mass is 35.5. The Kier molecular flexibility index (Phi) is 8.57. The molecule has 3 rings (SSSR count). The number of methoxy groups -OCH3 is 1. The average Bonchev–Trinajstić information content (AvgIpc) is 2.82. The predicted molar refractivity (Wildman–Crippen MR) is 131 cm³/mol. The first kappa shape index (κ1) is 24.9. The number of fused-ring (bicyclic) bond motifs is 1. The first-order valence-corrected chi connectivity index (χ1v) is 12.1. The number of rotatable bonds is 10. The minimum atomic E-state index is -3.73. The highest BCUT2D eigenvalue weighted by molar-refractivity contribution is 7.89. The first-order valence-electron chi connectivity index (χ1n) is 10.3. The summed E-state index contributed by atoms with van der Waals surface area (Å²) in [7, 11) is -0.864. The Balaban J connectivity index is 1.70. The molecule has 174 valence electrons. The molecule has 0 fully saturated rings. The van der Waals surface area contributed by atoms with Gasteiger partial charge < -0.3 is 4.74 Å². The molecule has 1 aromatic heterocycles. The molecule has 0 spiro atoms. The van der Waals surface area contributed by atoms with Crippen molar-refractivity contribution in [1.82, 2.24) is 14.2 Å². The predicted octanol–water partition coefficient (Wildman–Crippen LogP) is 3.70. The van der Waals surface area contributed by atoms with Crippen LogP contribution >= 0.6 is 11.6 Å². The van der Waals surface area contributed by atoms with Gasteiger partial charge in [-0.2, -0.15) is 4.31 Å². The first-order chi connectivity index (χ1) is 15.8. The number of benzene rings is 2. The summed E-state index contributed by atoms with van der Waals surface area (Å²) in [5, 5.41) is 2.04. The van der Waals surface area contributed by atoms with Gasteiger partial charge in [0.25, 0.3) is 0 Å². The summed E-state index contributed by atoms with van der Waals surface area (Å²) >= 11 is 5.91. The van der Waals surface area contributed by atoms with Gasteiger partial charge in [0.05, 0.1) is 18.6 Å². The highest BCUT2D eigenvalue weighted by Gasteiger charge is 2.23. The molecule has 2 aromatic carbocycles. The van der Waals surface area contributed by atoms with E-state index in [1.807, 2.05) is 35.3 Å². The molecule has 0 bridgehead atoms. The Morgan fingerprint density at radius 1 is 1.12 bits per heavy atom. The number of sulfonamides is 1. The largest absolute Gasteiger partial charge is 0.468 e. The van der Waals surface area contributed by atoms with Crippen molar-refractivity contribution < 1.29 is 17.9 Å². The monoisotopic (exact) mass is 487 g/mol. The standard InChI is InChI=1S/C24H26ClN3O4S/c1-27(33(30,31)23-7-3-6-20-17-26-13-12-22(20)23)15-16-28(18-24(29)32-2)14-4-5-19-8-10-21(25)11-9-19/h3-13,17H,14-16,18H2,1-2H3. The van der Waals surface area contributed by atoms with E-state index in [-0.39, 0.29) is 24.0 Å². The fraction of sp³-hybridized carbons (Fsp3) is 0.250. The highest BCUT2D eigenvalue weighted by Crippen LogP contribution is 2.24. The van der Waals surface area contributed by atoms with Crippen molar-refractivity contribution >= 4 is 44.4 Å². The van der Waals surface area contributed by atoms with Crippen LogP contribution in [0.15, 0.2) is 71.9 Å². The summed E-state index contributed by atoms with van der Waals surface area (Å²) in [5.74, 6) is -0.387. The van der Waals surface area contributed by atoms with Crippen LogP contribution in [0.2, 0.25) is 5.02 Å². The van der Waals surface area contributed by atoms with Crippen LogP contribution in [0.3, 0.4) is 0 Å². The number of halogens is 1. The molecule has 9 heteroatoms. The van der Waals surface area contributed by atoms with E-state index in [9.17, 15) is 13.2 Å². The Hall–Kier alpha value is -2.78. The summed E-state index contributed by atoms with van der Waals surface area (Å²) in [6.07, 6.45) is 7.05. The normalized spacial score (nSPS) is 12.2. The Morgan fingerprint density at radius 3 is 2.61 bits per heavy atom. The topological polar surface area (TPSA) is 79.8 Å². The van der Waals surface area contributed by atoms with E-state index in [2.05, 4.69) is 4.98 Å². The van der Waals surface area contributed by atoms with E-state index >= 15 is 0 Å². The van der Waals surface area contributed by atoms with Crippen LogP contribution in [0, 0.1) is 0 Å². The van der Waals surface area contributed by atoms with E-state index in [4.69, 9.17) is 16.3 Å². The Bertz CT molecular complexity index is 1220. The quantitative estimate of drug-likeness (QED) is 0.406. The van der Waals surface area contributed by atoms with Crippen LogP contribution in [0.5, 0.6) is 0 Å². The van der Waals surface area contributed by atoms with Crippen molar-refractivity contribution in [3.05, 3.63) is 77.6 Å². The van der Waals surface area contributed by atoms with Gasteiger partial charge in [-0.1, -0.05) is 48.0 Å². The van der Waals surface area contributed by atoms with Crippen LogP contribution in [-0.4, -0.2) is 68.9 Å². The zero-order chi connectivity index (χ0) is 23.8. The van der Waals surface area contributed by atoms with Crippen molar-refractivity contribution in [2.24, 2.45) is 0 Å². The molecule has 0 aliphatic carbocycles. The maximum atomic E-state index is 13.2. The van der Waals surface area contributed by atoms with E-state index in [0.29, 0.717) is 23.5 Å². The van der Waals surface area contributed by atoms with E-state index in [1.165, 1.54) is 18.5 Å². The fourth-order valence-corrected chi connectivity index (χ4v) is 4.78. The van der Waals surface area contributed by atoms with E-state index in [1.54, 1.807) is 42.7 Å². The minimum absolute atomic E-state index is 0.0509. The van der Waals surface area contributed by atoms with Crippen molar-refractivity contribution in [3.8, 4) is 0 Å². The van der Waals surface area contributed by atoms with Gasteiger partial charge in [0.1, 0.15) is 0 Å². The lowest BCUT2D eigenvalue weighted by atomic mass is 10.2. The van der Waals surface area contributed by atoms with Gasteiger partial charge >= 0.3 is 5.97 Å². The van der Waals surface area contributed by atoms with Crippen LogP contribution in [0.4, 0.5) is 0 Å². The number of carbonyl (C=O) groups is 1. The lowest BCUT2D eigenvalue weighted by molar-refractivity contribution is -0.141. The second-order valence-corrected chi connectivity index (χ2v) is 9.89. The van der Waals surface area contributed by atoms with Gasteiger partial charge in [0.15, 0.2) is 0 Å². The fourth-order valence-electron chi connectivity index (χ4n) is 3.28. The molecule has 3 aromatic rings. The number of nitrogens with zero attached hydrogens (tertiary/aromatic N) is 3. The molecule has 0 atom stereocenters. The van der Waals surface area contributed by atoms with Crippen LogP contribution in [-0.2, 0) is 19.6 Å². The number of carbonyl (C=O) groups excluding carboxylic acids is 1. The van der Waals surface area contributed by atoms with Crippen molar-refractivity contribution in [3.63, 3.8) is 0 Å². The van der Waals surface area contributed by atoms with Gasteiger partial charge in [-0.15, -0.1) is 0 Å². The Morgan fingerprint density at radius 2 is 1.88 bits per heavy atom. The minimum Gasteiger partial charge on any atom is -0.468 e. The number of hydrogen-bond donors (Lipinski definition) is 0. The summed E-state index contributed by atoms with van der Waals surface area (Å²) in [4.78, 5) is 18.0. The second kappa shape index (κ2) is 11.4. The van der Waals surface area contributed by atoms with Crippen molar-refractivity contribution in [2.45, 2.75) is 4.90 Å². The third kappa shape index (κ3) is 6.61. The molecule has 33 heavy (non-hydrogen) atoms. The maximum absolute atomic E-state index is 13.2. The molecule has 0 saturated heterocycles. The van der Waals surface area contributed by atoms with Gasteiger partial charge in [0, 0.05) is 54.9 Å².